The fourth-order valence-electron chi connectivity index (χ4n) is 2.27. The quantitative estimate of drug-likeness (QED) is 0.684. The molecule has 0 radical (unpaired) electrons. The van der Waals surface area contributed by atoms with Crippen molar-refractivity contribution in [1.82, 2.24) is 0 Å². The summed E-state index contributed by atoms with van der Waals surface area (Å²) in [6, 6.07) is 0.501. The van der Waals surface area contributed by atoms with Crippen molar-refractivity contribution in [2.45, 2.75) is 52.0 Å². The molecule has 0 aliphatic heterocycles. The molecular weight excluding hydrogens is 146 g/mol. The highest BCUT2D eigenvalue weighted by atomic mass is 14.7. The van der Waals surface area contributed by atoms with E-state index in [1.807, 2.05) is 0 Å². The molecule has 0 saturated heterocycles. The molecule has 1 heteroatoms. The van der Waals surface area contributed by atoms with E-state index in [4.69, 9.17) is 5.73 Å². The lowest BCUT2D eigenvalue weighted by Crippen LogP contribution is -2.24. The maximum Gasteiger partial charge on any atom is 0.00725 e. The Morgan fingerprint density at radius 3 is 2.42 bits per heavy atom. The first-order valence-corrected chi connectivity index (χ1v) is 5.35. The summed E-state index contributed by atoms with van der Waals surface area (Å²) >= 11 is 0. The minimum absolute atomic E-state index is 0.501. The van der Waals surface area contributed by atoms with Crippen LogP contribution in [-0.2, 0) is 0 Å². The minimum atomic E-state index is 0.501. The summed E-state index contributed by atoms with van der Waals surface area (Å²) < 4.78 is 0. The van der Waals surface area contributed by atoms with Crippen LogP contribution in [0, 0.1) is 17.3 Å². The molecule has 2 N–H and O–H groups in total. The van der Waals surface area contributed by atoms with E-state index in [1.165, 1.54) is 32.1 Å². The van der Waals surface area contributed by atoms with Crippen LogP contribution in [0.2, 0.25) is 0 Å². The van der Waals surface area contributed by atoms with Gasteiger partial charge in [-0.1, -0.05) is 26.7 Å². The highest BCUT2D eigenvalue weighted by molar-refractivity contribution is 5.00. The average molecular weight is 167 g/mol. The molecule has 70 valence electrons. The normalized spacial score (nSPS) is 34.8. The van der Waals surface area contributed by atoms with Crippen molar-refractivity contribution in [3.63, 3.8) is 0 Å². The van der Waals surface area contributed by atoms with E-state index >= 15 is 0 Å². The second-order valence-corrected chi connectivity index (χ2v) is 5.48. The smallest absolute Gasteiger partial charge is 0.00725 e. The molecule has 0 heterocycles. The molecular formula is C11H21N. The molecule has 2 fully saturated rings. The Kier molecular flexibility index (Phi) is 1.95. The van der Waals surface area contributed by atoms with Gasteiger partial charge in [-0.2, -0.15) is 0 Å². The Morgan fingerprint density at radius 1 is 1.42 bits per heavy atom. The molecule has 0 spiro atoms. The van der Waals surface area contributed by atoms with Crippen LogP contribution in [0.3, 0.4) is 0 Å². The van der Waals surface area contributed by atoms with E-state index in [1.54, 1.807) is 0 Å². The number of hydrogen-bond acceptors (Lipinski definition) is 1. The van der Waals surface area contributed by atoms with Crippen LogP contribution in [-0.4, -0.2) is 6.04 Å². The molecule has 2 rings (SSSR count). The molecule has 0 aromatic carbocycles. The Morgan fingerprint density at radius 2 is 2.00 bits per heavy atom. The van der Waals surface area contributed by atoms with Crippen LogP contribution in [0.4, 0.5) is 0 Å². The second kappa shape index (κ2) is 2.73. The van der Waals surface area contributed by atoms with E-state index in [9.17, 15) is 0 Å². The maximum absolute atomic E-state index is 6.13. The Balaban J connectivity index is 1.67. The third kappa shape index (κ3) is 1.82. The van der Waals surface area contributed by atoms with Crippen LogP contribution < -0.4 is 5.73 Å². The molecule has 0 bridgehead atoms. The summed E-state index contributed by atoms with van der Waals surface area (Å²) in [5, 5.41) is 0. The van der Waals surface area contributed by atoms with E-state index in [0.717, 1.165) is 11.8 Å². The highest BCUT2D eigenvalue weighted by Gasteiger charge is 2.48. The van der Waals surface area contributed by atoms with Gasteiger partial charge in [0.2, 0.25) is 0 Å². The lowest BCUT2D eigenvalue weighted by molar-refractivity contribution is 0.439. The van der Waals surface area contributed by atoms with Gasteiger partial charge in [-0.15, -0.1) is 0 Å². The lowest BCUT2D eigenvalue weighted by Gasteiger charge is -2.12. The van der Waals surface area contributed by atoms with Crippen molar-refractivity contribution in [3.05, 3.63) is 0 Å². The molecule has 12 heavy (non-hydrogen) atoms. The number of nitrogens with two attached hydrogens (primary N) is 1. The summed E-state index contributed by atoms with van der Waals surface area (Å²) in [6.07, 6.45) is 6.98. The van der Waals surface area contributed by atoms with Gasteiger partial charge in [-0.3, -0.25) is 0 Å². The van der Waals surface area contributed by atoms with Crippen molar-refractivity contribution >= 4 is 0 Å². The van der Waals surface area contributed by atoms with E-state index in [0.29, 0.717) is 11.5 Å². The largest absolute Gasteiger partial charge is 0.327 e. The van der Waals surface area contributed by atoms with Crippen LogP contribution in [0.25, 0.3) is 0 Å². The fourth-order valence-corrected chi connectivity index (χ4v) is 2.27. The van der Waals surface area contributed by atoms with E-state index in [-0.39, 0.29) is 0 Å². The molecule has 1 nitrogen and oxygen atoms in total. The summed E-state index contributed by atoms with van der Waals surface area (Å²) in [6.45, 7) is 4.68. The molecule has 0 aromatic rings. The lowest BCUT2D eigenvalue weighted by atomic mass is 9.99. The van der Waals surface area contributed by atoms with E-state index < -0.39 is 0 Å². The van der Waals surface area contributed by atoms with Crippen molar-refractivity contribution in [2.75, 3.05) is 0 Å². The number of hydrogen-bond donors (Lipinski definition) is 1. The summed E-state index contributed by atoms with van der Waals surface area (Å²) in [7, 11) is 0. The summed E-state index contributed by atoms with van der Waals surface area (Å²) in [4.78, 5) is 0. The Bertz CT molecular complexity index is 170. The zero-order valence-corrected chi connectivity index (χ0v) is 8.34. The molecule has 0 aromatic heterocycles. The Labute approximate surface area is 75.7 Å². The monoisotopic (exact) mass is 167 g/mol. The third-order valence-electron chi connectivity index (χ3n) is 3.71. The average Bonchev–Trinajstić information content (AvgIpc) is 2.83. The molecule has 2 saturated carbocycles. The van der Waals surface area contributed by atoms with Crippen molar-refractivity contribution in [3.8, 4) is 0 Å². The molecule has 0 amide bonds. The zero-order valence-electron chi connectivity index (χ0n) is 8.34. The predicted molar refractivity (Wildman–Crippen MR) is 51.8 cm³/mol. The van der Waals surface area contributed by atoms with Gasteiger partial charge >= 0.3 is 0 Å². The van der Waals surface area contributed by atoms with Crippen LogP contribution in [0.1, 0.15) is 46.0 Å². The molecule has 2 aliphatic carbocycles. The summed E-state index contributed by atoms with van der Waals surface area (Å²) in [5.74, 6) is 1.88. The molecule has 2 unspecified atom stereocenters. The van der Waals surface area contributed by atoms with Gasteiger partial charge in [0.05, 0.1) is 0 Å². The third-order valence-corrected chi connectivity index (χ3v) is 3.71. The SMILES string of the molecule is CC1(C)CC1C(N)CCC1CC1. The topological polar surface area (TPSA) is 26.0 Å². The van der Waals surface area contributed by atoms with Gasteiger partial charge in [0.15, 0.2) is 0 Å². The standard InChI is InChI=1S/C11H21N/c1-11(2)7-9(11)10(12)6-5-8-3-4-8/h8-10H,3-7,12H2,1-2H3. The number of rotatable bonds is 4. The van der Waals surface area contributed by atoms with Gasteiger partial charge in [0.25, 0.3) is 0 Å². The second-order valence-electron chi connectivity index (χ2n) is 5.48. The zero-order chi connectivity index (χ0) is 8.77. The molecule has 2 aliphatic rings. The predicted octanol–water partition coefficient (Wildman–Crippen LogP) is 2.55. The van der Waals surface area contributed by atoms with Crippen LogP contribution in [0.5, 0.6) is 0 Å². The fraction of sp³-hybridized carbons (Fsp3) is 1.00. The highest BCUT2D eigenvalue weighted by Crippen LogP contribution is 2.54. The van der Waals surface area contributed by atoms with Gasteiger partial charge in [-0.05, 0) is 36.5 Å². The first kappa shape index (κ1) is 8.55. The van der Waals surface area contributed by atoms with Crippen molar-refractivity contribution < 1.29 is 0 Å². The van der Waals surface area contributed by atoms with Gasteiger partial charge in [0.1, 0.15) is 0 Å². The first-order valence-electron chi connectivity index (χ1n) is 5.35. The van der Waals surface area contributed by atoms with Crippen molar-refractivity contribution in [2.24, 2.45) is 23.0 Å². The molecule has 2 atom stereocenters. The maximum atomic E-state index is 6.13. The van der Waals surface area contributed by atoms with Gasteiger partial charge < -0.3 is 5.73 Å². The minimum Gasteiger partial charge on any atom is -0.327 e. The van der Waals surface area contributed by atoms with Gasteiger partial charge in [-0.25, -0.2) is 0 Å². The van der Waals surface area contributed by atoms with Crippen LogP contribution in [0.15, 0.2) is 0 Å². The summed E-state index contributed by atoms with van der Waals surface area (Å²) in [5.41, 5.74) is 6.70. The van der Waals surface area contributed by atoms with E-state index in [2.05, 4.69) is 13.8 Å². The first-order chi connectivity index (χ1) is 5.59. The van der Waals surface area contributed by atoms with Gasteiger partial charge in [0, 0.05) is 6.04 Å². The Hall–Kier alpha value is -0.0400. The van der Waals surface area contributed by atoms with Crippen LogP contribution >= 0.6 is 0 Å². The van der Waals surface area contributed by atoms with Crippen molar-refractivity contribution in [1.29, 1.82) is 0 Å².